The normalized spacial score (nSPS) is 14.3. The average Bonchev–Trinajstić information content (AvgIpc) is 2.26. The molecule has 3 nitrogen and oxygen atoms in total. The van der Waals surface area contributed by atoms with Gasteiger partial charge in [-0.3, -0.25) is 0 Å². The van der Waals surface area contributed by atoms with Crippen molar-refractivity contribution in [2.24, 2.45) is 0 Å². The second-order valence-electron chi connectivity index (χ2n) is 3.02. The van der Waals surface area contributed by atoms with Gasteiger partial charge in [0.15, 0.2) is 0 Å². The third-order valence-corrected chi connectivity index (χ3v) is 2.61. The van der Waals surface area contributed by atoms with Crippen molar-refractivity contribution in [1.29, 1.82) is 5.26 Å². The summed E-state index contributed by atoms with van der Waals surface area (Å²) in [4.78, 5) is 0. The molecule has 0 aliphatic rings. The van der Waals surface area contributed by atoms with Gasteiger partial charge in [-0.1, -0.05) is 17.7 Å². The fraction of sp³-hybridized carbons (Fsp3) is 0.300. The fourth-order valence-electron chi connectivity index (χ4n) is 1.11. The summed E-state index contributed by atoms with van der Waals surface area (Å²) in [6.07, 6.45) is -2.14. The Kier molecular flexibility index (Phi) is 4.37. The van der Waals surface area contributed by atoms with Crippen LogP contribution >= 0.6 is 23.2 Å². The van der Waals surface area contributed by atoms with E-state index in [1.807, 2.05) is 6.07 Å². The van der Waals surface area contributed by atoms with E-state index < -0.39 is 12.2 Å². The van der Waals surface area contributed by atoms with E-state index in [2.05, 4.69) is 0 Å². The standard InChI is InChI=1S/C10H9Cl2NO2/c11-4-9(14)10(15)6-1-2-7(5-13)8(12)3-6/h1-3,9-10,14-15H,4H2. The second kappa shape index (κ2) is 5.34. The lowest BCUT2D eigenvalue weighted by atomic mass is 10.0. The second-order valence-corrected chi connectivity index (χ2v) is 3.73. The van der Waals surface area contributed by atoms with Crippen molar-refractivity contribution in [3.8, 4) is 6.07 Å². The van der Waals surface area contributed by atoms with E-state index >= 15 is 0 Å². The summed E-state index contributed by atoms with van der Waals surface area (Å²) in [6.45, 7) is 0. The Balaban J connectivity index is 2.98. The van der Waals surface area contributed by atoms with Crippen molar-refractivity contribution in [1.82, 2.24) is 0 Å². The zero-order valence-electron chi connectivity index (χ0n) is 7.69. The highest BCUT2D eigenvalue weighted by Crippen LogP contribution is 2.23. The minimum absolute atomic E-state index is 0.0706. The molecule has 0 spiro atoms. The van der Waals surface area contributed by atoms with E-state index in [1.165, 1.54) is 18.2 Å². The Morgan fingerprint density at radius 2 is 2.07 bits per heavy atom. The predicted molar refractivity (Wildman–Crippen MR) is 57.9 cm³/mol. The zero-order valence-corrected chi connectivity index (χ0v) is 9.20. The van der Waals surface area contributed by atoms with Crippen LogP contribution in [0.2, 0.25) is 5.02 Å². The molecule has 2 N–H and O–H groups in total. The van der Waals surface area contributed by atoms with Crippen molar-refractivity contribution < 1.29 is 10.2 Å². The summed E-state index contributed by atoms with van der Waals surface area (Å²) < 4.78 is 0. The first-order valence-corrected chi connectivity index (χ1v) is 5.13. The van der Waals surface area contributed by atoms with Gasteiger partial charge in [-0.15, -0.1) is 11.6 Å². The molecule has 1 aromatic rings. The number of nitrogens with zero attached hydrogens (tertiary/aromatic N) is 1. The molecule has 80 valence electrons. The summed E-state index contributed by atoms with van der Waals surface area (Å²) in [5.74, 6) is -0.0706. The van der Waals surface area contributed by atoms with Gasteiger partial charge < -0.3 is 10.2 Å². The van der Waals surface area contributed by atoms with Crippen LogP contribution in [0.1, 0.15) is 17.2 Å². The Bertz CT molecular complexity index is 389. The lowest BCUT2D eigenvalue weighted by Gasteiger charge is -2.15. The van der Waals surface area contributed by atoms with Gasteiger partial charge in [-0.05, 0) is 17.7 Å². The molecular formula is C10H9Cl2NO2. The molecule has 0 aliphatic heterocycles. The van der Waals surface area contributed by atoms with E-state index in [4.69, 9.17) is 28.5 Å². The highest BCUT2D eigenvalue weighted by atomic mass is 35.5. The number of aliphatic hydroxyl groups excluding tert-OH is 2. The summed E-state index contributed by atoms with van der Waals surface area (Å²) in [6, 6.07) is 6.37. The molecule has 1 aromatic carbocycles. The average molecular weight is 246 g/mol. The van der Waals surface area contributed by atoms with Crippen molar-refractivity contribution in [2.45, 2.75) is 12.2 Å². The molecule has 2 unspecified atom stereocenters. The number of hydrogen-bond donors (Lipinski definition) is 2. The van der Waals surface area contributed by atoms with Gasteiger partial charge in [0.1, 0.15) is 12.2 Å². The fourth-order valence-corrected chi connectivity index (χ4v) is 1.51. The molecule has 0 heterocycles. The maximum Gasteiger partial charge on any atom is 0.106 e. The van der Waals surface area contributed by atoms with Crippen LogP contribution in [0.25, 0.3) is 0 Å². The number of aliphatic hydroxyl groups is 2. The van der Waals surface area contributed by atoms with E-state index in [1.54, 1.807) is 0 Å². The molecule has 0 saturated heterocycles. The molecular weight excluding hydrogens is 237 g/mol. The molecule has 0 radical (unpaired) electrons. The minimum atomic E-state index is -1.09. The Morgan fingerprint density at radius 3 is 2.53 bits per heavy atom. The topological polar surface area (TPSA) is 64.2 Å². The van der Waals surface area contributed by atoms with Crippen molar-refractivity contribution in [3.05, 3.63) is 34.3 Å². The number of benzene rings is 1. The van der Waals surface area contributed by atoms with E-state index in [0.717, 1.165) is 0 Å². The molecule has 0 amide bonds. The van der Waals surface area contributed by atoms with Crippen molar-refractivity contribution in [2.75, 3.05) is 5.88 Å². The number of halogens is 2. The van der Waals surface area contributed by atoms with Crippen LogP contribution in [0.4, 0.5) is 0 Å². The third-order valence-electron chi connectivity index (χ3n) is 1.98. The molecule has 5 heteroatoms. The van der Waals surface area contributed by atoms with Crippen LogP contribution in [0, 0.1) is 11.3 Å². The molecule has 1 rings (SSSR count). The van der Waals surface area contributed by atoms with Gasteiger partial charge in [0, 0.05) is 0 Å². The molecule has 0 aliphatic carbocycles. The first-order valence-electron chi connectivity index (χ1n) is 4.21. The lowest BCUT2D eigenvalue weighted by Crippen LogP contribution is -2.19. The highest BCUT2D eigenvalue weighted by Gasteiger charge is 2.18. The summed E-state index contributed by atoms with van der Waals surface area (Å²) in [5.41, 5.74) is 0.764. The van der Waals surface area contributed by atoms with Crippen LogP contribution in [-0.2, 0) is 0 Å². The number of hydrogen-bond acceptors (Lipinski definition) is 3. The first-order chi connectivity index (χ1) is 7.10. The van der Waals surface area contributed by atoms with Gasteiger partial charge in [0.05, 0.1) is 22.6 Å². The van der Waals surface area contributed by atoms with Gasteiger partial charge in [0.2, 0.25) is 0 Å². The van der Waals surface area contributed by atoms with E-state index in [9.17, 15) is 10.2 Å². The van der Waals surface area contributed by atoms with Crippen LogP contribution in [0.15, 0.2) is 18.2 Å². The SMILES string of the molecule is N#Cc1ccc(C(O)C(O)CCl)cc1Cl. The maximum absolute atomic E-state index is 9.60. The molecule has 0 bridgehead atoms. The number of alkyl halides is 1. The monoisotopic (exact) mass is 245 g/mol. The molecule has 0 aromatic heterocycles. The summed E-state index contributed by atoms with van der Waals surface area (Å²) >= 11 is 11.2. The minimum Gasteiger partial charge on any atom is -0.389 e. The van der Waals surface area contributed by atoms with Crippen molar-refractivity contribution >= 4 is 23.2 Å². The Hall–Kier alpha value is -0.790. The molecule has 15 heavy (non-hydrogen) atoms. The smallest absolute Gasteiger partial charge is 0.106 e. The van der Waals surface area contributed by atoms with Crippen molar-refractivity contribution in [3.63, 3.8) is 0 Å². The van der Waals surface area contributed by atoms with Gasteiger partial charge in [0.25, 0.3) is 0 Å². The van der Waals surface area contributed by atoms with Crippen LogP contribution < -0.4 is 0 Å². The molecule has 2 atom stereocenters. The number of nitriles is 1. The van der Waals surface area contributed by atoms with Gasteiger partial charge in [-0.2, -0.15) is 5.26 Å². The summed E-state index contributed by atoms with van der Waals surface area (Å²) in [7, 11) is 0. The largest absolute Gasteiger partial charge is 0.389 e. The highest BCUT2D eigenvalue weighted by molar-refractivity contribution is 6.31. The first kappa shape index (κ1) is 12.3. The van der Waals surface area contributed by atoms with Crippen LogP contribution in [0.3, 0.4) is 0 Å². The number of rotatable bonds is 3. The zero-order chi connectivity index (χ0) is 11.4. The Morgan fingerprint density at radius 1 is 1.40 bits per heavy atom. The lowest BCUT2D eigenvalue weighted by molar-refractivity contribution is 0.0327. The van der Waals surface area contributed by atoms with Crippen LogP contribution in [0.5, 0.6) is 0 Å². The maximum atomic E-state index is 9.60. The Labute approximate surface area is 97.5 Å². The molecule has 0 fully saturated rings. The molecule has 0 saturated carbocycles. The van der Waals surface area contributed by atoms with Gasteiger partial charge >= 0.3 is 0 Å². The van der Waals surface area contributed by atoms with E-state index in [0.29, 0.717) is 11.1 Å². The van der Waals surface area contributed by atoms with E-state index in [-0.39, 0.29) is 10.9 Å². The van der Waals surface area contributed by atoms with Gasteiger partial charge in [-0.25, -0.2) is 0 Å². The van der Waals surface area contributed by atoms with Crippen LogP contribution in [-0.4, -0.2) is 22.2 Å². The predicted octanol–water partition coefficient (Wildman–Crippen LogP) is 1.84. The quantitative estimate of drug-likeness (QED) is 0.800. The third kappa shape index (κ3) is 2.83. The summed E-state index contributed by atoms with van der Waals surface area (Å²) in [5, 5.41) is 27.8.